The minimum absolute atomic E-state index is 0.330. The molecule has 0 aliphatic rings. The summed E-state index contributed by atoms with van der Waals surface area (Å²) in [6.45, 7) is 2.46. The van der Waals surface area contributed by atoms with Crippen molar-refractivity contribution in [1.82, 2.24) is 4.98 Å². The molecule has 2 aromatic rings. The van der Waals surface area contributed by atoms with Crippen LogP contribution in [-0.2, 0) is 6.54 Å². The number of thiocarbonyl (C=S) groups is 1. The average Bonchev–Trinajstić information content (AvgIpc) is 2.73. The Kier molecular flexibility index (Phi) is 3.39. The first kappa shape index (κ1) is 11.6. The zero-order valence-corrected chi connectivity index (χ0v) is 10.3. The number of aromatic nitrogens is 1. The second-order valence-electron chi connectivity index (χ2n) is 3.63. The van der Waals surface area contributed by atoms with Gasteiger partial charge in [0.25, 0.3) is 0 Å². The summed E-state index contributed by atoms with van der Waals surface area (Å²) in [4.78, 5) is 4.53. The highest BCUT2D eigenvalue weighted by Gasteiger charge is 2.06. The lowest BCUT2D eigenvalue weighted by molar-refractivity contribution is 0.490. The number of pyridine rings is 1. The molecule has 0 radical (unpaired) electrons. The molecule has 0 aromatic carbocycles. The molecule has 2 heterocycles. The van der Waals surface area contributed by atoms with Gasteiger partial charge in [-0.3, -0.25) is 0 Å². The van der Waals surface area contributed by atoms with Gasteiger partial charge in [-0.1, -0.05) is 12.2 Å². The predicted octanol–water partition coefficient (Wildman–Crippen LogP) is 2.23. The Bertz CT molecular complexity index is 536. The molecule has 2 rings (SSSR count). The van der Waals surface area contributed by atoms with Crippen LogP contribution in [0.4, 0.5) is 5.82 Å². The van der Waals surface area contributed by atoms with Crippen molar-refractivity contribution in [3.8, 4) is 0 Å². The summed E-state index contributed by atoms with van der Waals surface area (Å²) in [7, 11) is 0. The third-order valence-electron chi connectivity index (χ3n) is 2.30. The van der Waals surface area contributed by atoms with Crippen LogP contribution in [0.25, 0.3) is 0 Å². The minimum Gasteiger partial charge on any atom is -0.465 e. The third-order valence-corrected chi connectivity index (χ3v) is 2.52. The molecule has 5 heteroatoms. The van der Waals surface area contributed by atoms with Gasteiger partial charge in [0, 0.05) is 6.20 Å². The molecular weight excluding hydrogens is 234 g/mol. The molecule has 0 unspecified atom stereocenters. The maximum absolute atomic E-state index is 5.62. The Balaban J connectivity index is 2.11. The molecule has 2 aromatic heterocycles. The standard InChI is InChI=1S/C12H13N3OS/c1-8-4-5-9(16-8)7-15-12-10(11(13)17)3-2-6-14-12/h2-6H,7H2,1H3,(H2,13,17)(H,14,15). The summed E-state index contributed by atoms with van der Waals surface area (Å²) in [5.74, 6) is 2.41. The van der Waals surface area contributed by atoms with Crippen molar-refractivity contribution in [3.63, 3.8) is 0 Å². The van der Waals surface area contributed by atoms with Gasteiger partial charge in [0.05, 0.1) is 12.1 Å². The first-order chi connectivity index (χ1) is 8.16. The monoisotopic (exact) mass is 247 g/mol. The van der Waals surface area contributed by atoms with Crippen LogP contribution >= 0.6 is 12.2 Å². The van der Waals surface area contributed by atoms with Crippen LogP contribution < -0.4 is 11.1 Å². The van der Waals surface area contributed by atoms with E-state index in [1.807, 2.05) is 25.1 Å². The van der Waals surface area contributed by atoms with Crippen molar-refractivity contribution < 1.29 is 4.42 Å². The lowest BCUT2D eigenvalue weighted by atomic mass is 10.2. The van der Waals surface area contributed by atoms with Crippen molar-refractivity contribution in [1.29, 1.82) is 0 Å². The van der Waals surface area contributed by atoms with Crippen molar-refractivity contribution >= 4 is 23.0 Å². The van der Waals surface area contributed by atoms with E-state index in [4.69, 9.17) is 22.4 Å². The zero-order valence-electron chi connectivity index (χ0n) is 9.43. The Morgan fingerprint density at radius 3 is 2.94 bits per heavy atom. The van der Waals surface area contributed by atoms with Gasteiger partial charge in [-0.2, -0.15) is 0 Å². The lowest BCUT2D eigenvalue weighted by Crippen LogP contribution is -2.14. The molecular formula is C12H13N3OS. The molecule has 0 fully saturated rings. The molecule has 4 nitrogen and oxygen atoms in total. The van der Waals surface area contributed by atoms with Crippen molar-refractivity contribution in [2.75, 3.05) is 5.32 Å². The highest BCUT2D eigenvalue weighted by molar-refractivity contribution is 7.80. The average molecular weight is 247 g/mol. The normalized spacial score (nSPS) is 10.2. The second-order valence-corrected chi connectivity index (χ2v) is 4.07. The molecule has 0 aliphatic carbocycles. The van der Waals surface area contributed by atoms with E-state index >= 15 is 0 Å². The maximum Gasteiger partial charge on any atom is 0.136 e. The summed E-state index contributed by atoms with van der Waals surface area (Å²) >= 11 is 4.96. The van der Waals surface area contributed by atoms with E-state index in [1.165, 1.54) is 0 Å². The molecule has 0 amide bonds. The molecule has 0 aliphatic heterocycles. The van der Waals surface area contributed by atoms with Gasteiger partial charge in [-0.25, -0.2) is 4.98 Å². The van der Waals surface area contributed by atoms with Gasteiger partial charge in [0.2, 0.25) is 0 Å². The summed E-state index contributed by atoms with van der Waals surface area (Å²) in [5.41, 5.74) is 6.36. The van der Waals surface area contributed by atoms with Crippen LogP contribution in [0.2, 0.25) is 0 Å². The number of nitrogens with zero attached hydrogens (tertiary/aromatic N) is 1. The van der Waals surface area contributed by atoms with Gasteiger partial charge < -0.3 is 15.5 Å². The maximum atomic E-state index is 5.62. The van der Waals surface area contributed by atoms with E-state index in [0.717, 1.165) is 17.1 Å². The fourth-order valence-corrected chi connectivity index (χ4v) is 1.66. The molecule has 0 atom stereocenters. The highest BCUT2D eigenvalue weighted by atomic mass is 32.1. The van der Waals surface area contributed by atoms with E-state index in [1.54, 1.807) is 12.3 Å². The summed E-state index contributed by atoms with van der Waals surface area (Å²) in [6, 6.07) is 7.48. The minimum atomic E-state index is 0.330. The Morgan fingerprint density at radius 1 is 1.47 bits per heavy atom. The number of hydrogen-bond donors (Lipinski definition) is 2. The van der Waals surface area contributed by atoms with Crippen LogP contribution in [0.1, 0.15) is 17.1 Å². The fraction of sp³-hybridized carbons (Fsp3) is 0.167. The third kappa shape index (κ3) is 2.82. The second kappa shape index (κ2) is 4.97. The molecule has 0 bridgehead atoms. The van der Waals surface area contributed by atoms with E-state index < -0.39 is 0 Å². The van der Waals surface area contributed by atoms with E-state index in [-0.39, 0.29) is 0 Å². The zero-order chi connectivity index (χ0) is 12.3. The lowest BCUT2D eigenvalue weighted by Gasteiger charge is -2.08. The van der Waals surface area contributed by atoms with Crippen molar-refractivity contribution in [2.24, 2.45) is 5.73 Å². The molecule has 0 saturated heterocycles. The van der Waals surface area contributed by atoms with Gasteiger partial charge >= 0.3 is 0 Å². The summed E-state index contributed by atoms with van der Waals surface area (Å²) in [5, 5.41) is 3.15. The number of furan rings is 1. The van der Waals surface area contributed by atoms with E-state index in [0.29, 0.717) is 17.4 Å². The Morgan fingerprint density at radius 2 is 2.29 bits per heavy atom. The summed E-state index contributed by atoms with van der Waals surface area (Å²) in [6.07, 6.45) is 1.69. The molecule has 0 saturated carbocycles. The summed E-state index contributed by atoms with van der Waals surface area (Å²) < 4.78 is 5.45. The van der Waals surface area contributed by atoms with Crippen LogP contribution in [0, 0.1) is 6.92 Å². The predicted molar refractivity (Wildman–Crippen MR) is 70.9 cm³/mol. The number of hydrogen-bond acceptors (Lipinski definition) is 4. The van der Waals surface area contributed by atoms with E-state index in [2.05, 4.69) is 10.3 Å². The first-order valence-electron chi connectivity index (χ1n) is 5.21. The van der Waals surface area contributed by atoms with Crippen molar-refractivity contribution in [2.45, 2.75) is 13.5 Å². The van der Waals surface area contributed by atoms with Crippen LogP contribution in [0.5, 0.6) is 0 Å². The molecule has 17 heavy (non-hydrogen) atoms. The highest BCUT2D eigenvalue weighted by Crippen LogP contribution is 2.13. The number of anilines is 1. The van der Waals surface area contributed by atoms with Gasteiger partial charge in [0.15, 0.2) is 0 Å². The molecule has 88 valence electrons. The largest absolute Gasteiger partial charge is 0.465 e. The van der Waals surface area contributed by atoms with Gasteiger partial charge in [-0.15, -0.1) is 0 Å². The topological polar surface area (TPSA) is 64.1 Å². The SMILES string of the molecule is Cc1ccc(CNc2ncccc2C(N)=S)o1. The van der Waals surface area contributed by atoms with E-state index in [9.17, 15) is 0 Å². The molecule has 0 spiro atoms. The van der Waals surface area contributed by atoms with Gasteiger partial charge in [0.1, 0.15) is 22.3 Å². The number of rotatable bonds is 4. The van der Waals surface area contributed by atoms with Gasteiger partial charge in [-0.05, 0) is 31.2 Å². The fourth-order valence-electron chi connectivity index (χ4n) is 1.50. The number of nitrogens with one attached hydrogen (secondary N) is 1. The smallest absolute Gasteiger partial charge is 0.136 e. The van der Waals surface area contributed by atoms with Crippen LogP contribution in [-0.4, -0.2) is 9.97 Å². The Labute approximate surface area is 105 Å². The first-order valence-corrected chi connectivity index (χ1v) is 5.61. The van der Waals surface area contributed by atoms with Crippen LogP contribution in [0.3, 0.4) is 0 Å². The molecule has 3 N–H and O–H groups in total. The van der Waals surface area contributed by atoms with Crippen molar-refractivity contribution in [3.05, 3.63) is 47.5 Å². The van der Waals surface area contributed by atoms with Crippen LogP contribution in [0.15, 0.2) is 34.9 Å². The number of aryl methyl sites for hydroxylation is 1. The Hall–Kier alpha value is -1.88. The number of nitrogens with two attached hydrogens (primary N) is 1. The quantitative estimate of drug-likeness (QED) is 0.811.